The predicted molar refractivity (Wildman–Crippen MR) is 315 cm³/mol. The zero-order chi connectivity index (χ0) is 54.9. The molecule has 20 heteroatoms. The number of rotatable bonds is 17. The molecule has 0 spiro atoms. The third-order valence-corrected chi connectivity index (χ3v) is 14.7. The van der Waals surface area contributed by atoms with Crippen molar-refractivity contribution in [1.29, 1.82) is 0 Å². The lowest BCUT2D eigenvalue weighted by Crippen LogP contribution is -2.54. The van der Waals surface area contributed by atoms with Gasteiger partial charge in [0.2, 0.25) is 0 Å². The van der Waals surface area contributed by atoms with Crippen molar-refractivity contribution in [1.82, 2.24) is 59.6 Å². The zero-order valence-electron chi connectivity index (χ0n) is 49.8. The van der Waals surface area contributed by atoms with Crippen molar-refractivity contribution in [3.8, 4) is 0 Å². The summed E-state index contributed by atoms with van der Waals surface area (Å²) >= 11 is 0. The van der Waals surface area contributed by atoms with Crippen LogP contribution in [0.5, 0.6) is 0 Å². The Kier molecular flexibility index (Phi) is 39.7. The summed E-state index contributed by atoms with van der Waals surface area (Å²) in [6.45, 7) is 54.3. The molecule has 0 aromatic heterocycles. The molecule has 0 bridgehead atoms. The fraction of sp³-hybridized carbons (Fsp3) is 1.00. The topological polar surface area (TPSA) is 265 Å². The summed E-state index contributed by atoms with van der Waals surface area (Å²) in [7, 11) is 4.37. The van der Waals surface area contributed by atoms with E-state index in [9.17, 15) is 0 Å². The lowest BCUT2D eigenvalue weighted by Gasteiger charge is -2.40. The Morgan fingerprint density at radius 3 is 1.18 bits per heavy atom. The molecule has 6 aliphatic heterocycles. The molecule has 18 N–H and O–H groups in total. The smallest absolute Gasteiger partial charge is 0.0196 e. The number of nitrogens with zero attached hydrogens (tertiary/aromatic N) is 10. The number of hydrogen-bond donors (Lipinski definition) is 10. The van der Waals surface area contributed by atoms with Crippen LogP contribution in [0.1, 0.15) is 75.7 Å². The van der Waals surface area contributed by atoms with E-state index in [0.29, 0.717) is 48.3 Å². The van der Waals surface area contributed by atoms with E-state index in [1.165, 1.54) is 32.7 Å². The number of likely N-dealkylation sites (N-methyl/N-ethyl adjacent to an activating group) is 2. The Labute approximate surface area is 450 Å². The second-order valence-corrected chi connectivity index (χ2v) is 23.2. The minimum atomic E-state index is 0.276. The Morgan fingerprint density at radius 2 is 0.767 bits per heavy atom. The van der Waals surface area contributed by atoms with Crippen LogP contribution in [-0.2, 0) is 0 Å². The van der Waals surface area contributed by atoms with Gasteiger partial charge in [0, 0.05) is 257 Å². The highest BCUT2D eigenvalue weighted by Gasteiger charge is 2.25. The second-order valence-electron chi connectivity index (χ2n) is 23.2. The van der Waals surface area contributed by atoms with E-state index >= 15 is 0 Å². The molecule has 10 unspecified atom stereocenters. The molecule has 20 nitrogen and oxygen atoms in total. The van der Waals surface area contributed by atoms with Gasteiger partial charge in [0.05, 0.1) is 0 Å². The fourth-order valence-corrected chi connectivity index (χ4v) is 10.4. The molecular formula is C53H126N20. The van der Waals surface area contributed by atoms with Gasteiger partial charge in [-0.2, -0.15) is 0 Å². The van der Waals surface area contributed by atoms with E-state index in [4.69, 9.17) is 45.9 Å². The van der Waals surface area contributed by atoms with Crippen LogP contribution < -0.4 is 56.5 Å². The van der Waals surface area contributed by atoms with Crippen LogP contribution in [0.3, 0.4) is 0 Å². The highest BCUT2D eigenvalue weighted by molar-refractivity contribution is 4.83. The summed E-state index contributed by atoms with van der Waals surface area (Å²) in [6.07, 6.45) is 1.09. The van der Waals surface area contributed by atoms with Gasteiger partial charge in [0.15, 0.2) is 0 Å². The van der Waals surface area contributed by atoms with Crippen molar-refractivity contribution in [2.24, 2.45) is 45.9 Å². The minimum absolute atomic E-state index is 0.276. The van der Waals surface area contributed by atoms with Crippen molar-refractivity contribution in [2.75, 3.05) is 210 Å². The van der Waals surface area contributed by atoms with E-state index in [2.05, 4.69) is 143 Å². The number of nitrogens with two attached hydrogens (primary N) is 8. The normalized spacial score (nSPS) is 27.6. The highest BCUT2D eigenvalue weighted by atomic mass is 15.3. The molecule has 438 valence electrons. The molecule has 6 fully saturated rings. The van der Waals surface area contributed by atoms with E-state index < -0.39 is 0 Å². The Hall–Kier alpha value is -0.800. The number of nitrogens with one attached hydrogen (secondary N) is 2. The van der Waals surface area contributed by atoms with Crippen molar-refractivity contribution in [2.45, 2.75) is 136 Å². The van der Waals surface area contributed by atoms with Crippen LogP contribution in [0.4, 0.5) is 0 Å². The van der Waals surface area contributed by atoms with Crippen LogP contribution in [0.2, 0.25) is 0 Å². The molecule has 0 aromatic carbocycles. The summed E-state index contributed by atoms with van der Waals surface area (Å²) in [4.78, 5) is 24.4. The summed E-state index contributed by atoms with van der Waals surface area (Å²) in [5, 5.41) is 6.63. The number of piperazine rings is 6. The molecule has 0 amide bonds. The largest absolute Gasteiger partial charge is 0.329 e. The molecule has 0 saturated carbocycles. The lowest BCUT2D eigenvalue weighted by molar-refractivity contribution is 0.0820. The average Bonchev–Trinajstić information content (AvgIpc) is 3.31. The van der Waals surface area contributed by atoms with Crippen LogP contribution in [0.25, 0.3) is 0 Å². The molecule has 6 rings (SSSR count). The standard InChI is InChI=1S/2C10H24N4.2C9H21N3.C8H19N3.C7H17N3/c1-9(12)7-13-5-6-14(4-3-11)10(2)8-13;1-9(12)7-14-6-5-13(4-3-11)8-10(14)2;1-8(10)6-12-5-4-11(3)9(2)7-12;1-8(10)6-12-5-4-11(3)7-9(12)2;1-2-8(9)7-11-5-3-10-4-6-11;1-7(8)6-10-4-2-9-3-5-10/h2*9-10H,3-8,11-12H2,1-2H3;2*8-9H,4-7,10H2,1-3H3;8,10H,2-7,9H2,1H3;7,9H,2-6,8H2,1H3. The van der Waals surface area contributed by atoms with Crippen molar-refractivity contribution in [3.63, 3.8) is 0 Å². The van der Waals surface area contributed by atoms with Gasteiger partial charge in [-0.1, -0.05) is 6.92 Å². The Morgan fingerprint density at radius 1 is 0.397 bits per heavy atom. The van der Waals surface area contributed by atoms with Crippen LogP contribution in [0.15, 0.2) is 0 Å². The third-order valence-electron chi connectivity index (χ3n) is 14.7. The molecule has 6 aliphatic rings. The van der Waals surface area contributed by atoms with Gasteiger partial charge in [-0.05, 0) is 82.8 Å². The lowest BCUT2D eigenvalue weighted by atomic mass is 10.1. The first-order valence-electron chi connectivity index (χ1n) is 29.1. The molecular weight excluding hydrogens is 917 g/mol. The van der Waals surface area contributed by atoms with Crippen molar-refractivity contribution < 1.29 is 0 Å². The molecule has 10 atom stereocenters. The molecule has 0 radical (unpaired) electrons. The maximum absolute atomic E-state index is 5.84. The van der Waals surface area contributed by atoms with Gasteiger partial charge in [-0.25, -0.2) is 0 Å². The molecule has 6 heterocycles. The first kappa shape index (κ1) is 70.2. The first-order valence-corrected chi connectivity index (χ1v) is 29.1. The molecule has 0 aromatic rings. The van der Waals surface area contributed by atoms with Crippen LogP contribution in [0, 0.1) is 0 Å². The Bertz CT molecular complexity index is 1260. The van der Waals surface area contributed by atoms with Gasteiger partial charge < -0.3 is 66.3 Å². The quantitative estimate of drug-likeness (QED) is 0.0717. The van der Waals surface area contributed by atoms with E-state index in [-0.39, 0.29) is 12.1 Å². The molecule has 6 saturated heterocycles. The zero-order valence-corrected chi connectivity index (χ0v) is 49.8. The predicted octanol–water partition coefficient (Wildman–Crippen LogP) is -2.60. The first-order chi connectivity index (χ1) is 34.6. The van der Waals surface area contributed by atoms with E-state index in [1.807, 2.05) is 0 Å². The minimum Gasteiger partial charge on any atom is -0.329 e. The number of hydrogen-bond acceptors (Lipinski definition) is 20. The van der Waals surface area contributed by atoms with Gasteiger partial charge in [0.1, 0.15) is 0 Å². The van der Waals surface area contributed by atoms with Crippen LogP contribution >= 0.6 is 0 Å². The van der Waals surface area contributed by atoms with E-state index in [1.54, 1.807) is 0 Å². The summed E-state index contributed by atoms with van der Waals surface area (Å²) in [5.41, 5.74) is 45.7. The molecule has 73 heavy (non-hydrogen) atoms. The van der Waals surface area contributed by atoms with Crippen LogP contribution in [-0.4, -0.2) is 320 Å². The van der Waals surface area contributed by atoms with Crippen molar-refractivity contribution >= 4 is 0 Å². The summed E-state index contributed by atoms with van der Waals surface area (Å²) in [5.74, 6) is 0. The Balaban J connectivity index is 0.000000440. The highest BCUT2D eigenvalue weighted by Crippen LogP contribution is 2.11. The van der Waals surface area contributed by atoms with Crippen molar-refractivity contribution in [3.05, 3.63) is 0 Å². The average molecular weight is 1040 g/mol. The maximum Gasteiger partial charge on any atom is 0.0196 e. The van der Waals surface area contributed by atoms with Gasteiger partial charge in [-0.15, -0.1) is 0 Å². The molecule has 0 aliphatic carbocycles. The SMILES string of the molecule is CC(N)CN1CCN(C)C(C)C1.CC(N)CN1CCN(C)CC1C.CC(N)CN1CCN(CCN)C(C)C1.CC(N)CN1CCN(CCN)CC1C.CC(N)CN1CCNCC1.CCC(N)CN1CCNCC1. The van der Waals surface area contributed by atoms with Gasteiger partial charge in [0.25, 0.3) is 0 Å². The van der Waals surface area contributed by atoms with E-state index in [0.717, 1.165) is 170 Å². The van der Waals surface area contributed by atoms with Gasteiger partial charge >= 0.3 is 0 Å². The maximum atomic E-state index is 5.84. The third kappa shape index (κ3) is 34.6. The fourth-order valence-electron chi connectivity index (χ4n) is 10.4. The summed E-state index contributed by atoms with van der Waals surface area (Å²) in [6, 6.07) is 4.42. The second kappa shape index (κ2) is 41.3. The monoisotopic (exact) mass is 1040 g/mol. The van der Waals surface area contributed by atoms with Gasteiger partial charge in [-0.3, -0.25) is 39.2 Å². The summed E-state index contributed by atoms with van der Waals surface area (Å²) < 4.78 is 0.